The maximum absolute atomic E-state index is 12.6. The molecule has 0 bridgehead atoms. The van der Waals surface area contributed by atoms with Crippen LogP contribution in [0.4, 0.5) is 0 Å². The molecule has 0 aliphatic carbocycles. The van der Waals surface area contributed by atoms with Crippen LogP contribution in [0.5, 0.6) is 5.75 Å². The molecule has 132 valence electrons. The molecule has 6 nitrogen and oxygen atoms in total. The molecule has 0 spiro atoms. The SMILES string of the molecule is COc1ccc(-n2nc3c(cc2=O)CCS(=O)(=O)c2ccccc2-3)cc1. The van der Waals surface area contributed by atoms with E-state index in [4.69, 9.17) is 4.74 Å². The molecule has 0 atom stereocenters. The summed E-state index contributed by atoms with van der Waals surface area (Å²) in [5.41, 5.74) is 1.99. The third kappa shape index (κ3) is 2.70. The molecule has 0 fully saturated rings. The van der Waals surface area contributed by atoms with Gasteiger partial charge >= 0.3 is 0 Å². The summed E-state index contributed by atoms with van der Waals surface area (Å²) in [7, 11) is -1.84. The Hall–Kier alpha value is -2.93. The van der Waals surface area contributed by atoms with Gasteiger partial charge in [-0.25, -0.2) is 8.42 Å². The van der Waals surface area contributed by atoms with E-state index in [0.717, 1.165) is 0 Å². The summed E-state index contributed by atoms with van der Waals surface area (Å²) in [6.45, 7) is 0. The summed E-state index contributed by atoms with van der Waals surface area (Å²) >= 11 is 0. The Morgan fingerprint density at radius 3 is 2.54 bits per heavy atom. The van der Waals surface area contributed by atoms with Crippen LogP contribution in [-0.4, -0.2) is 31.1 Å². The molecule has 4 rings (SSSR count). The Balaban J connectivity index is 1.96. The van der Waals surface area contributed by atoms with Crippen LogP contribution in [0.25, 0.3) is 16.9 Å². The average molecular weight is 368 g/mol. The normalized spacial score (nSPS) is 14.8. The van der Waals surface area contributed by atoms with Crippen molar-refractivity contribution < 1.29 is 13.2 Å². The lowest BCUT2D eigenvalue weighted by Gasteiger charge is -2.11. The second-order valence-corrected chi connectivity index (χ2v) is 8.11. The maximum atomic E-state index is 12.6. The summed E-state index contributed by atoms with van der Waals surface area (Å²) in [5, 5.41) is 4.50. The molecule has 2 aromatic carbocycles. The van der Waals surface area contributed by atoms with Gasteiger partial charge in [-0.2, -0.15) is 9.78 Å². The lowest BCUT2D eigenvalue weighted by molar-refractivity contribution is 0.414. The fourth-order valence-corrected chi connectivity index (χ4v) is 4.60. The van der Waals surface area contributed by atoms with Crippen LogP contribution in [0.3, 0.4) is 0 Å². The molecule has 1 aromatic heterocycles. The van der Waals surface area contributed by atoms with Crippen molar-refractivity contribution in [2.45, 2.75) is 11.3 Å². The van der Waals surface area contributed by atoms with Crippen molar-refractivity contribution in [1.82, 2.24) is 9.78 Å². The van der Waals surface area contributed by atoms with Gasteiger partial charge in [0.1, 0.15) is 5.75 Å². The van der Waals surface area contributed by atoms with Gasteiger partial charge in [0.05, 0.1) is 29.1 Å². The van der Waals surface area contributed by atoms with E-state index in [1.165, 1.54) is 10.7 Å². The predicted molar refractivity (Wildman–Crippen MR) is 97.6 cm³/mol. The van der Waals surface area contributed by atoms with Gasteiger partial charge in [0, 0.05) is 11.6 Å². The topological polar surface area (TPSA) is 78.3 Å². The summed E-state index contributed by atoms with van der Waals surface area (Å²) in [6.07, 6.45) is 0.262. The highest BCUT2D eigenvalue weighted by molar-refractivity contribution is 7.91. The zero-order valence-corrected chi connectivity index (χ0v) is 14.9. The minimum absolute atomic E-state index is 0.0370. The summed E-state index contributed by atoms with van der Waals surface area (Å²) in [6, 6.07) is 15.2. The van der Waals surface area contributed by atoms with Crippen molar-refractivity contribution in [3.05, 3.63) is 70.5 Å². The smallest absolute Gasteiger partial charge is 0.271 e. The number of nitrogens with zero attached hydrogens (tertiary/aromatic N) is 2. The number of aromatic nitrogens is 2. The van der Waals surface area contributed by atoms with Gasteiger partial charge in [0.15, 0.2) is 9.84 Å². The largest absolute Gasteiger partial charge is 0.497 e. The van der Waals surface area contributed by atoms with Gasteiger partial charge in [0.2, 0.25) is 0 Å². The maximum Gasteiger partial charge on any atom is 0.271 e. The highest BCUT2D eigenvalue weighted by Crippen LogP contribution is 2.32. The lowest BCUT2D eigenvalue weighted by Crippen LogP contribution is -2.22. The number of ether oxygens (including phenoxy) is 1. The van der Waals surface area contributed by atoms with Crippen molar-refractivity contribution in [2.75, 3.05) is 12.9 Å². The molecule has 3 aromatic rings. The van der Waals surface area contributed by atoms with Gasteiger partial charge in [0.25, 0.3) is 5.56 Å². The second kappa shape index (κ2) is 6.10. The molecule has 0 unspecified atom stereocenters. The Bertz CT molecular complexity index is 1150. The van der Waals surface area contributed by atoms with Crippen molar-refractivity contribution in [3.8, 4) is 22.7 Å². The first-order valence-electron chi connectivity index (χ1n) is 8.09. The fraction of sp³-hybridized carbons (Fsp3) is 0.158. The minimum Gasteiger partial charge on any atom is -0.497 e. The van der Waals surface area contributed by atoms with Crippen LogP contribution < -0.4 is 10.3 Å². The van der Waals surface area contributed by atoms with Crippen LogP contribution in [0.2, 0.25) is 0 Å². The van der Waals surface area contributed by atoms with E-state index in [-0.39, 0.29) is 22.6 Å². The number of methoxy groups -OCH3 is 1. The Kier molecular flexibility index (Phi) is 3.88. The molecule has 0 N–H and O–H groups in total. The van der Waals surface area contributed by atoms with E-state index < -0.39 is 9.84 Å². The van der Waals surface area contributed by atoms with E-state index in [0.29, 0.717) is 28.3 Å². The number of sulfone groups is 1. The number of fused-ring (bicyclic) bond motifs is 3. The highest BCUT2D eigenvalue weighted by Gasteiger charge is 2.26. The van der Waals surface area contributed by atoms with Gasteiger partial charge < -0.3 is 4.74 Å². The third-order valence-corrected chi connectivity index (χ3v) is 6.21. The van der Waals surface area contributed by atoms with Crippen LogP contribution in [0.1, 0.15) is 5.56 Å². The molecule has 0 amide bonds. The van der Waals surface area contributed by atoms with Crippen molar-refractivity contribution >= 4 is 9.84 Å². The monoisotopic (exact) mass is 368 g/mol. The first kappa shape index (κ1) is 16.5. The summed E-state index contributed by atoms with van der Waals surface area (Å²) in [5.74, 6) is 0.637. The zero-order valence-electron chi connectivity index (χ0n) is 14.0. The number of aryl methyl sites for hydroxylation is 1. The fourth-order valence-electron chi connectivity index (χ4n) is 3.11. The van der Waals surface area contributed by atoms with E-state index in [2.05, 4.69) is 5.10 Å². The molecular weight excluding hydrogens is 352 g/mol. The molecule has 7 heteroatoms. The molecule has 26 heavy (non-hydrogen) atoms. The number of hydrogen-bond acceptors (Lipinski definition) is 5. The number of hydrogen-bond donors (Lipinski definition) is 0. The first-order chi connectivity index (χ1) is 12.5. The van der Waals surface area contributed by atoms with E-state index in [1.807, 2.05) is 0 Å². The molecule has 0 radical (unpaired) electrons. The highest BCUT2D eigenvalue weighted by atomic mass is 32.2. The minimum atomic E-state index is -3.41. The number of rotatable bonds is 2. The predicted octanol–water partition coefficient (Wildman–Crippen LogP) is 2.24. The van der Waals surface area contributed by atoms with Crippen molar-refractivity contribution in [3.63, 3.8) is 0 Å². The second-order valence-electron chi connectivity index (χ2n) is 6.03. The summed E-state index contributed by atoms with van der Waals surface area (Å²) < 4.78 is 31.5. The van der Waals surface area contributed by atoms with Gasteiger partial charge in [-0.3, -0.25) is 4.79 Å². The molecule has 1 aliphatic heterocycles. The van der Waals surface area contributed by atoms with Crippen LogP contribution in [-0.2, 0) is 16.3 Å². The van der Waals surface area contributed by atoms with Crippen molar-refractivity contribution in [2.24, 2.45) is 0 Å². The van der Waals surface area contributed by atoms with Gasteiger partial charge in [-0.05, 0) is 42.3 Å². The molecule has 0 saturated heterocycles. The molecule has 0 saturated carbocycles. The zero-order chi connectivity index (χ0) is 18.3. The summed E-state index contributed by atoms with van der Waals surface area (Å²) in [4.78, 5) is 12.8. The first-order valence-corrected chi connectivity index (χ1v) is 9.75. The standard InChI is InChI=1S/C19H16N2O4S/c1-25-15-8-6-14(7-9-15)21-18(22)12-13-10-11-26(23,24)17-5-3-2-4-16(17)19(13)20-21/h2-9,12H,10-11H2,1H3. The lowest BCUT2D eigenvalue weighted by atomic mass is 10.1. The third-order valence-electron chi connectivity index (χ3n) is 4.44. The van der Waals surface area contributed by atoms with E-state index >= 15 is 0 Å². The van der Waals surface area contributed by atoms with Crippen LogP contribution in [0, 0.1) is 0 Å². The Morgan fingerprint density at radius 2 is 1.81 bits per heavy atom. The Morgan fingerprint density at radius 1 is 1.08 bits per heavy atom. The number of benzene rings is 2. The van der Waals surface area contributed by atoms with E-state index in [9.17, 15) is 13.2 Å². The van der Waals surface area contributed by atoms with Gasteiger partial charge in [-0.15, -0.1) is 0 Å². The molecular formula is C19H16N2O4S. The Labute approximate surface area is 150 Å². The van der Waals surface area contributed by atoms with Crippen molar-refractivity contribution in [1.29, 1.82) is 0 Å². The van der Waals surface area contributed by atoms with E-state index in [1.54, 1.807) is 55.6 Å². The molecule has 1 aliphatic rings. The van der Waals surface area contributed by atoms with Crippen LogP contribution >= 0.6 is 0 Å². The van der Waals surface area contributed by atoms with Gasteiger partial charge in [-0.1, -0.05) is 18.2 Å². The quantitative estimate of drug-likeness (QED) is 0.693. The average Bonchev–Trinajstić information content (AvgIpc) is 2.76. The van der Waals surface area contributed by atoms with Crippen LogP contribution in [0.15, 0.2) is 64.3 Å². The molecule has 2 heterocycles.